The van der Waals surface area contributed by atoms with Crippen LogP contribution in [0.2, 0.25) is 0 Å². The summed E-state index contributed by atoms with van der Waals surface area (Å²) < 4.78 is 0. The standard InChI is InChI=1S/C11H20O/c1-3-4-5-10-6-9(2)7-11(12)8-10/h9-10H,3-8H2,1-2H3/t9-,10+/m1/s1. The largest absolute Gasteiger partial charge is 0.300 e. The van der Waals surface area contributed by atoms with Crippen molar-refractivity contribution in [3.63, 3.8) is 0 Å². The van der Waals surface area contributed by atoms with Gasteiger partial charge in [0.05, 0.1) is 0 Å². The Labute approximate surface area is 75.5 Å². The van der Waals surface area contributed by atoms with E-state index in [-0.39, 0.29) is 0 Å². The molecule has 0 saturated heterocycles. The van der Waals surface area contributed by atoms with Crippen LogP contribution in [0.25, 0.3) is 0 Å². The zero-order valence-corrected chi connectivity index (χ0v) is 8.31. The minimum Gasteiger partial charge on any atom is -0.300 e. The molecule has 0 aromatic carbocycles. The van der Waals surface area contributed by atoms with Gasteiger partial charge >= 0.3 is 0 Å². The van der Waals surface area contributed by atoms with Gasteiger partial charge in [0, 0.05) is 12.8 Å². The summed E-state index contributed by atoms with van der Waals surface area (Å²) >= 11 is 0. The summed E-state index contributed by atoms with van der Waals surface area (Å²) in [7, 11) is 0. The molecule has 0 aromatic rings. The number of unbranched alkanes of at least 4 members (excludes halogenated alkanes) is 1. The molecule has 1 rings (SSSR count). The average molecular weight is 168 g/mol. The van der Waals surface area contributed by atoms with Crippen molar-refractivity contribution >= 4 is 5.78 Å². The van der Waals surface area contributed by atoms with Crippen molar-refractivity contribution in [2.75, 3.05) is 0 Å². The Morgan fingerprint density at radius 3 is 2.75 bits per heavy atom. The Morgan fingerprint density at radius 1 is 1.42 bits per heavy atom. The molecular formula is C11H20O. The fourth-order valence-corrected chi connectivity index (χ4v) is 2.24. The molecule has 12 heavy (non-hydrogen) atoms. The van der Waals surface area contributed by atoms with Gasteiger partial charge in [0.2, 0.25) is 0 Å². The number of Topliss-reactive ketones (excluding diaryl/α,β-unsaturated/α-hetero) is 1. The van der Waals surface area contributed by atoms with Crippen LogP contribution in [0.3, 0.4) is 0 Å². The van der Waals surface area contributed by atoms with E-state index >= 15 is 0 Å². The van der Waals surface area contributed by atoms with E-state index in [0.29, 0.717) is 17.6 Å². The van der Waals surface area contributed by atoms with Gasteiger partial charge in [-0.1, -0.05) is 33.1 Å². The smallest absolute Gasteiger partial charge is 0.133 e. The Kier molecular flexibility index (Phi) is 3.77. The van der Waals surface area contributed by atoms with Gasteiger partial charge in [0.1, 0.15) is 5.78 Å². The van der Waals surface area contributed by atoms with Crippen LogP contribution < -0.4 is 0 Å². The Hall–Kier alpha value is -0.330. The molecule has 0 bridgehead atoms. The van der Waals surface area contributed by atoms with Crippen LogP contribution in [-0.2, 0) is 4.79 Å². The van der Waals surface area contributed by atoms with Crippen LogP contribution in [0, 0.1) is 11.8 Å². The zero-order chi connectivity index (χ0) is 8.97. The fraction of sp³-hybridized carbons (Fsp3) is 0.909. The molecule has 1 nitrogen and oxygen atoms in total. The van der Waals surface area contributed by atoms with Gasteiger partial charge in [-0.2, -0.15) is 0 Å². The lowest BCUT2D eigenvalue weighted by Gasteiger charge is -2.25. The van der Waals surface area contributed by atoms with Crippen molar-refractivity contribution in [1.82, 2.24) is 0 Å². The molecule has 0 aliphatic heterocycles. The second-order valence-corrected chi connectivity index (χ2v) is 4.30. The minimum absolute atomic E-state index is 0.495. The summed E-state index contributed by atoms with van der Waals surface area (Å²) in [6.45, 7) is 4.42. The predicted octanol–water partition coefficient (Wildman–Crippen LogP) is 3.18. The molecule has 2 atom stereocenters. The summed E-state index contributed by atoms with van der Waals surface area (Å²) in [5.41, 5.74) is 0. The van der Waals surface area contributed by atoms with Crippen LogP contribution >= 0.6 is 0 Å². The van der Waals surface area contributed by atoms with Crippen LogP contribution in [0.5, 0.6) is 0 Å². The predicted molar refractivity (Wildman–Crippen MR) is 51.0 cm³/mol. The first-order valence-electron chi connectivity index (χ1n) is 5.24. The fourth-order valence-electron chi connectivity index (χ4n) is 2.24. The lowest BCUT2D eigenvalue weighted by atomic mass is 9.79. The van der Waals surface area contributed by atoms with E-state index in [0.717, 1.165) is 12.8 Å². The van der Waals surface area contributed by atoms with E-state index in [2.05, 4.69) is 13.8 Å². The Bertz CT molecular complexity index is 151. The highest BCUT2D eigenvalue weighted by Gasteiger charge is 2.23. The van der Waals surface area contributed by atoms with Crippen molar-refractivity contribution in [3.8, 4) is 0 Å². The lowest BCUT2D eigenvalue weighted by Crippen LogP contribution is -2.20. The Balaban J connectivity index is 2.29. The van der Waals surface area contributed by atoms with E-state index < -0.39 is 0 Å². The molecule has 1 heteroatoms. The topological polar surface area (TPSA) is 17.1 Å². The molecule has 1 fully saturated rings. The summed E-state index contributed by atoms with van der Waals surface area (Å²) in [4.78, 5) is 11.2. The number of ketones is 1. The molecule has 0 amide bonds. The molecule has 1 saturated carbocycles. The van der Waals surface area contributed by atoms with E-state index in [1.807, 2.05) is 0 Å². The average Bonchev–Trinajstić information content (AvgIpc) is 1.99. The van der Waals surface area contributed by atoms with Crippen LogP contribution in [0.4, 0.5) is 0 Å². The van der Waals surface area contributed by atoms with Gasteiger partial charge in [-0.25, -0.2) is 0 Å². The van der Waals surface area contributed by atoms with Gasteiger partial charge in [0.15, 0.2) is 0 Å². The van der Waals surface area contributed by atoms with E-state index in [1.165, 1.54) is 25.7 Å². The number of carbonyl (C=O) groups is 1. The lowest BCUT2D eigenvalue weighted by molar-refractivity contribution is -0.122. The van der Waals surface area contributed by atoms with Crippen molar-refractivity contribution < 1.29 is 4.79 Å². The molecule has 0 spiro atoms. The molecule has 1 aliphatic carbocycles. The van der Waals surface area contributed by atoms with Crippen LogP contribution in [0.15, 0.2) is 0 Å². The number of hydrogen-bond acceptors (Lipinski definition) is 1. The summed E-state index contributed by atoms with van der Waals surface area (Å²) in [5.74, 6) is 1.85. The minimum atomic E-state index is 0.495. The SMILES string of the molecule is CCCC[C@@H]1CC(=O)C[C@H](C)C1. The highest BCUT2D eigenvalue weighted by Crippen LogP contribution is 2.29. The van der Waals surface area contributed by atoms with Gasteiger partial charge < -0.3 is 0 Å². The van der Waals surface area contributed by atoms with Gasteiger partial charge in [-0.3, -0.25) is 4.79 Å². The van der Waals surface area contributed by atoms with Gasteiger partial charge in [-0.15, -0.1) is 0 Å². The quantitative estimate of drug-likeness (QED) is 0.632. The highest BCUT2D eigenvalue weighted by atomic mass is 16.1. The van der Waals surface area contributed by atoms with Crippen molar-refractivity contribution in [3.05, 3.63) is 0 Å². The van der Waals surface area contributed by atoms with E-state index in [9.17, 15) is 4.79 Å². The zero-order valence-electron chi connectivity index (χ0n) is 8.31. The first kappa shape index (κ1) is 9.76. The maximum atomic E-state index is 11.2. The Morgan fingerprint density at radius 2 is 2.17 bits per heavy atom. The number of carbonyl (C=O) groups excluding carboxylic acids is 1. The van der Waals surface area contributed by atoms with Crippen molar-refractivity contribution in [2.45, 2.75) is 52.4 Å². The second-order valence-electron chi connectivity index (χ2n) is 4.30. The van der Waals surface area contributed by atoms with E-state index in [1.54, 1.807) is 0 Å². The normalized spacial score (nSPS) is 30.7. The van der Waals surface area contributed by atoms with E-state index in [4.69, 9.17) is 0 Å². The third-order valence-corrected chi connectivity index (χ3v) is 2.79. The molecule has 0 N–H and O–H groups in total. The third-order valence-electron chi connectivity index (χ3n) is 2.79. The maximum Gasteiger partial charge on any atom is 0.133 e. The molecule has 0 unspecified atom stereocenters. The summed E-state index contributed by atoms with van der Waals surface area (Å²) in [6, 6.07) is 0. The molecule has 0 aromatic heterocycles. The summed E-state index contributed by atoms with van der Waals surface area (Å²) in [5, 5.41) is 0. The highest BCUT2D eigenvalue weighted by molar-refractivity contribution is 5.79. The maximum absolute atomic E-state index is 11.2. The van der Waals surface area contributed by atoms with Gasteiger partial charge in [-0.05, 0) is 18.3 Å². The summed E-state index contributed by atoms with van der Waals surface area (Å²) in [6.07, 6.45) is 6.81. The number of rotatable bonds is 3. The molecular weight excluding hydrogens is 148 g/mol. The van der Waals surface area contributed by atoms with Crippen LogP contribution in [-0.4, -0.2) is 5.78 Å². The third kappa shape index (κ3) is 2.96. The first-order valence-corrected chi connectivity index (χ1v) is 5.24. The van der Waals surface area contributed by atoms with Gasteiger partial charge in [0.25, 0.3) is 0 Å². The second kappa shape index (κ2) is 4.64. The molecule has 1 aliphatic rings. The van der Waals surface area contributed by atoms with Crippen molar-refractivity contribution in [1.29, 1.82) is 0 Å². The molecule has 0 radical (unpaired) electrons. The monoisotopic (exact) mass is 168 g/mol. The van der Waals surface area contributed by atoms with Crippen LogP contribution in [0.1, 0.15) is 52.4 Å². The number of hydrogen-bond donors (Lipinski definition) is 0. The molecule has 0 heterocycles. The first-order chi connectivity index (χ1) is 5.72. The van der Waals surface area contributed by atoms with Crippen molar-refractivity contribution in [2.24, 2.45) is 11.8 Å². The molecule has 70 valence electrons.